The van der Waals surface area contributed by atoms with Crippen LogP contribution in [0.1, 0.15) is 4.88 Å². The first-order valence-electron chi connectivity index (χ1n) is 7.79. The van der Waals surface area contributed by atoms with Crippen LogP contribution in [0.25, 0.3) is 0 Å². The summed E-state index contributed by atoms with van der Waals surface area (Å²) in [7, 11) is 0. The Morgan fingerprint density at radius 2 is 1.54 bits per heavy atom. The molecule has 1 heterocycles. The van der Waals surface area contributed by atoms with Crippen LogP contribution in [0.2, 0.25) is 0 Å². The van der Waals surface area contributed by atoms with Crippen LogP contribution >= 0.6 is 23.6 Å². The van der Waals surface area contributed by atoms with E-state index >= 15 is 0 Å². The molecule has 3 N–H and O–H groups in total. The lowest BCUT2D eigenvalue weighted by molar-refractivity contribution is 0.885. The molecule has 0 radical (unpaired) electrons. The summed E-state index contributed by atoms with van der Waals surface area (Å²) in [6.45, 7) is 0.833. The number of rotatable bonds is 6. The maximum Gasteiger partial charge on any atom is 0.170 e. The number of thiophene rings is 1. The van der Waals surface area contributed by atoms with Gasteiger partial charge in [-0.3, -0.25) is 0 Å². The molecule has 122 valence electrons. The average Bonchev–Trinajstić information content (AvgIpc) is 3.11. The molecule has 1 aromatic heterocycles. The zero-order valence-corrected chi connectivity index (χ0v) is 14.8. The van der Waals surface area contributed by atoms with Crippen molar-refractivity contribution in [1.82, 2.24) is 5.32 Å². The summed E-state index contributed by atoms with van der Waals surface area (Å²) >= 11 is 7.10. The van der Waals surface area contributed by atoms with Gasteiger partial charge in [-0.25, -0.2) is 0 Å². The first kappa shape index (κ1) is 16.5. The van der Waals surface area contributed by atoms with Gasteiger partial charge in [0.05, 0.1) is 0 Å². The Morgan fingerprint density at radius 3 is 2.25 bits per heavy atom. The summed E-state index contributed by atoms with van der Waals surface area (Å²) in [5.41, 5.74) is 3.09. The largest absolute Gasteiger partial charge is 0.362 e. The molecule has 0 aliphatic heterocycles. The predicted molar refractivity (Wildman–Crippen MR) is 108 cm³/mol. The summed E-state index contributed by atoms with van der Waals surface area (Å²) in [4.78, 5) is 1.36. The molecular formula is C19H19N3S2. The highest BCUT2D eigenvalue weighted by Crippen LogP contribution is 2.18. The molecule has 3 aromatic rings. The zero-order chi connectivity index (χ0) is 16.6. The number of para-hydroxylation sites is 1. The molecule has 0 aliphatic rings. The predicted octanol–water partition coefficient (Wildman–Crippen LogP) is 5.02. The Kier molecular flexibility index (Phi) is 5.82. The van der Waals surface area contributed by atoms with Gasteiger partial charge in [-0.2, -0.15) is 0 Å². The fourth-order valence-electron chi connectivity index (χ4n) is 2.25. The van der Waals surface area contributed by atoms with Crippen molar-refractivity contribution >= 4 is 45.7 Å². The summed E-state index contributed by atoms with van der Waals surface area (Å²) in [5, 5.41) is 12.5. The van der Waals surface area contributed by atoms with Gasteiger partial charge in [0, 0.05) is 28.5 Å². The fraction of sp³-hybridized carbons (Fsp3) is 0.105. The van der Waals surface area contributed by atoms with Gasteiger partial charge in [-0.1, -0.05) is 24.3 Å². The molecular weight excluding hydrogens is 334 g/mol. The second-order valence-electron chi connectivity index (χ2n) is 5.28. The first-order chi connectivity index (χ1) is 11.8. The molecule has 3 nitrogen and oxygen atoms in total. The Labute approximate surface area is 151 Å². The van der Waals surface area contributed by atoms with Crippen LogP contribution in [0.4, 0.5) is 17.1 Å². The highest BCUT2D eigenvalue weighted by molar-refractivity contribution is 7.80. The highest BCUT2D eigenvalue weighted by atomic mass is 32.1. The fourth-order valence-corrected chi connectivity index (χ4v) is 3.18. The number of nitrogens with one attached hydrogen (secondary N) is 3. The van der Waals surface area contributed by atoms with E-state index < -0.39 is 0 Å². The van der Waals surface area contributed by atoms with Crippen molar-refractivity contribution in [3.05, 3.63) is 77.0 Å². The third kappa shape index (κ3) is 5.08. The molecule has 0 spiro atoms. The number of anilines is 3. The van der Waals surface area contributed by atoms with Gasteiger partial charge in [0.25, 0.3) is 0 Å². The molecule has 24 heavy (non-hydrogen) atoms. The summed E-state index contributed by atoms with van der Waals surface area (Å²) < 4.78 is 0. The van der Waals surface area contributed by atoms with E-state index in [0.717, 1.165) is 30.0 Å². The molecule has 3 rings (SSSR count). The van der Waals surface area contributed by atoms with Crippen LogP contribution in [0.5, 0.6) is 0 Å². The first-order valence-corrected chi connectivity index (χ1v) is 9.08. The highest BCUT2D eigenvalue weighted by Gasteiger charge is 1.99. The summed E-state index contributed by atoms with van der Waals surface area (Å²) in [5.74, 6) is 0. The van der Waals surface area contributed by atoms with Crippen LogP contribution in [-0.2, 0) is 6.42 Å². The lowest BCUT2D eigenvalue weighted by Gasteiger charge is -2.11. The van der Waals surface area contributed by atoms with Crippen LogP contribution in [0.3, 0.4) is 0 Å². The van der Waals surface area contributed by atoms with Crippen molar-refractivity contribution < 1.29 is 0 Å². The van der Waals surface area contributed by atoms with E-state index in [1.807, 2.05) is 54.6 Å². The van der Waals surface area contributed by atoms with E-state index in [9.17, 15) is 0 Å². The number of benzene rings is 2. The Morgan fingerprint density at radius 1 is 0.833 bits per heavy atom. The zero-order valence-electron chi connectivity index (χ0n) is 13.2. The number of hydrogen-bond acceptors (Lipinski definition) is 3. The van der Waals surface area contributed by atoms with Gasteiger partial charge in [-0.05, 0) is 66.5 Å². The molecule has 0 atom stereocenters. The van der Waals surface area contributed by atoms with E-state index in [-0.39, 0.29) is 0 Å². The van der Waals surface area contributed by atoms with Crippen LogP contribution < -0.4 is 16.0 Å². The molecule has 0 fully saturated rings. The average molecular weight is 354 g/mol. The molecule has 0 saturated heterocycles. The normalized spacial score (nSPS) is 10.2. The van der Waals surface area contributed by atoms with Gasteiger partial charge in [0.15, 0.2) is 5.11 Å². The van der Waals surface area contributed by atoms with Crippen molar-refractivity contribution in [3.8, 4) is 0 Å². The minimum Gasteiger partial charge on any atom is -0.362 e. The van der Waals surface area contributed by atoms with Crippen molar-refractivity contribution in [3.63, 3.8) is 0 Å². The lowest BCUT2D eigenvalue weighted by atomic mass is 10.2. The van der Waals surface area contributed by atoms with Crippen molar-refractivity contribution in [1.29, 1.82) is 0 Å². The monoisotopic (exact) mass is 353 g/mol. The molecule has 0 aliphatic carbocycles. The van der Waals surface area contributed by atoms with E-state index in [1.54, 1.807) is 11.3 Å². The van der Waals surface area contributed by atoms with Crippen LogP contribution in [-0.4, -0.2) is 11.7 Å². The molecule has 0 unspecified atom stereocenters. The van der Waals surface area contributed by atoms with Gasteiger partial charge in [-0.15, -0.1) is 11.3 Å². The van der Waals surface area contributed by atoms with E-state index in [1.165, 1.54) is 4.88 Å². The Hall–Kier alpha value is -2.37. The maximum atomic E-state index is 5.33. The van der Waals surface area contributed by atoms with Crippen LogP contribution in [0.15, 0.2) is 72.1 Å². The maximum absolute atomic E-state index is 5.33. The van der Waals surface area contributed by atoms with Gasteiger partial charge in [0.2, 0.25) is 0 Å². The third-order valence-corrected chi connectivity index (χ3v) is 4.62. The van der Waals surface area contributed by atoms with Crippen molar-refractivity contribution in [2.45, 2.75) is 6.42 Å². The minimum atomic E-state index is 0.648. The molecule has 0 saturated carbocycles. The number of hydrogen-bond donors (Lipinski definition) is 3. The topological polar surface area (TPSA) is 36.1 Å². The Bertz CT molecular complexity index is 753. The summed E-state index contributed by atoms with van der Waals surface area (Å²) in [6, 6.07) is 22.4. The summed E-state index contributed by atoms with van der Waals surface area (Å²) in [6.07, 6.45) is 0.986. The van der Waals surface area contributed by atoms with E-state index in [2.05, 4.69) is 33.5 Å². The molecule has 2 aromatic carbocycles. The van der Waals surface area contributed by atoms with E-state index in [4.69, 9.17) is 12.2 Å². The van der Waals surface area contributed by atoms with Gasteiger partial charge < -0.3 is 16.0 Å². The minimum absolute atomic E-state index is 0.648. The second kappa shape index (κ2) is 8.47. The molecule has 0 bridgehead atoms. The number of thiocarbonyl (C=S) groups is 1. The van der Waals surface area contributed by atoms with Gasteiger partial charge >= 0.3 is 0 Å². The quantitative estimate of drug-likeness (QED) is 0.544. The van der Waals surface area contributed by atoms with Crippen LogP contribution in [0, 0.1) is 0 Å². The second-order valence-corrected chi connectivity index (χ2v) is 6.72. The lowest BCUT2D eigenvalue weighted by Crippen LogP contribution is -2.30. The van der Waals surface area contributed by atoms with Gasteiger partial charge in [0.1, 0.15) is 0 Å². The SMILES string of the molecule is S=C(NCCc1cccs1)Nc1ccc(Nc2ccccc2)cc1. The Balaban J connectivity index is 1.46. The van der Waals surface area contributed by atoms with Crippen molar-refractivity contribution in [2.75, 3.05) is 17.2 Å². The van der Waals surface area contributed by atoms with E-state index in [0.29, 0.717) is 5.11 Å². The smallest absolute Gasteiger partial charge is 0.170 e. The third-order valence-electron chi connectivity index (χ3n) is 3.44. The van der Waals surface area contributed by atoms with Crippen molar-refractivity contribution in [2.24, 2.45) is 0 Å². The molecule has 5 heteroatoms. The molecule has 0 amide bonds. The standard InChI is InChI=1S/C19H19N3S2/c23-19(20-13-12-18-7-4-14-24-18)22-17-10-8-16(9-11-17)21-15-5-2-1-3-6-15/h1-11,14,21H,12-13H2,(H2,20,22,23).